The Hall–Kier alpha value is -0.980. The molecule has 1 rings (SSSR count). The van der Waals surface area contributed by atoms with Crippen LogP contribution in [0.5, 0.6) is 0 Å². The van der Waals surface area contributed by atoms with Gasteiger partial charge in [-0.1, -0.05) is 0 Å². The number of methoxy groups -OCH3 is 1. The van der Waals surface area contributed by atoms with Gasteiger partial charge in [-0.2, -0.15) is 0 Å². The van der Waals surface area contributed by atoms with Crippen LogP contribution < -0.4 is 14.8 Å². The molecule has 0 radical (unpaired) electrons. The van der Waals surface area contributed by atoms with E-state index in [1.807, 2.05) is 4.72 Å². The average molecular weight is 420 g/mol. The Kier molecular flexibility index (Phi) is 10.5. The van der Waals surface area contributed by atoms with E-state index in [2.05, 4.69) is 10.0 Å². The second-order valence-corrected chi connectivity index (χ2v) is 8.57. The number of sulfonamides is 2. The molecule has 1 aromatic rings. The van der Waals surface area contributed by atoms with Crippen LogP contribution in [-0.2, 0) is 24.8 Å². The molecule has 0 bridgehead atoms. The predicted octanol–water partition coefficient (Wildman–Crippen LogP) is 0.523. The molecule has 3 N–H and O–H groups in total. The van der Waals surface area contributed by atoms with Gasteiger partial charge in [0.2, 0.25) is 20.0 Å². The van der Waals surface area contributed by atoms with Crippen molar-refractivity contribution in [1.82, 2.24) is 10.0 Å². The highest BCUT2D eigenvalue weighted by Gasteiger charge is 2.17. The molecule has 25 heavy (non-hydrogen) atoms. The molecular formula is C13H23ClFN3O5S2. The third-order valence-electron chi connectivity index (χ3n) is 2.97. The van der Waals surface area contributed by atoms with Crippen molar-refractivity contribution in [3.63, 3.8) is 0 Å². The molecule has 0 saturated heterocycles. The van der Waals surface area contributed by atoms with Gasteiger partial charge in [0.05, 0.1) is 22.9 Å². The standard InChI is InChI=1S/C13H22FN3O5S2.ClH/c1-3-23(18,19)17-13-5-4-11(10-12(13)14)24(20,21)16-7-6-15-8-9-22-2;/h4-5,10,15-17H,3,6-9H2,1-2H3;1H. The molecule has 0 aromatic heterocycles. The van der Waals surface area contributed by atoms with Gasteiger partial charge in [0.25, 0.3) is 0 Å². The molecule has 0 heterocycles. The normalized spacial score (nSPS) is 11.8. The van der Waals surface area contributed by atoms with Crippen molar-refractivity contribution < 1.29 is 26.0 Å². The molecule has 0 fully saturated rings. The maximum absolute atomic E-state index is 13.9. The van der Waals surface area contributed by atoms with E-state index in [-0.39, 0.29) is 35.3 Å². The minimum atomic E-state index is -3.88. The van der Waals surface area contributed by atoms with Gasteiger partial charge in [-0.3, -0.25) is 4.72 Å². The lowest BCUT2D eigenvalue weighted by atomic mass is 10.3. The molecular weight excluding hydrogens is 397 g/mol. The zero-order chi connectivity index (χ0) is 18.2. The Balaban J connectivity index is 0.00000576. The van der Waals surface area contributed by atoms with Crippen molar-refractivity contribution in [3.05, 3.63) is 24.0 Å². The predicted molar refractivity (Wildman–Crippen MR) is 96.7 cm³/mol. The van der Waals surface area contributed by atoms with Crippen LogP contribution in [0.3, 0.4) is 0 Å². The summed E-state index contributed by atoms with van der Waals surface area (Å²) >= 11 is 0. The van der Waals surface area contributed by atoms with Gasteiger partial charge in [0.15, 0.2) is 0 Å². The molecule has 0 aliphatic heterocycles. The van der Waals surface area contributed by atoms with Gasteiger partial charge >= 0.3 is 0 Å². The lowest BCUT2D eigenvalue weighted by Crippen LogP contribution is -2.33. The van der Waals surface area contributed by atoms with E-state index in [1.54, 1.807) is 7.11 Å². The Morgan fingerprint density at radius 1 is 1.12 bits per heavy atom. The molecule has 0 spiro atoms. The van der Waals surface area contributed by atoms with Gasteiger partial charge in [-0.05, 0) is 25.1 Å². The molecule has 0 aliphatic carbocycles. The number of hydrogen-bond acceptors (Lipinski definition) is 6. The van der Waals surface area contributed by atoms with Crippen LogP contribution in [0, 0.1) is 5.82 Å². The lowest BCUT2D eigenvalue weighted by molar-refractivity contribution is 0.199. The fraction of sp³-hybridized carbons (Fsp3) is 0.538. The van der Waals surface area contributed by atoms with Crippen molar-refractivity contribution in [2.24, 2.45) is 0 Å². The second-order valence-electron chi connectivity index (χ2n) is 4.79. The van der Waals surface area contributed by atoms with E-state index in [4.69, 9.17) is 4.74 Å². The number of halogens is 2. The smallest absolute Gasteiger partial charge is 0.240 e. The van der Waals surface area contributed by atoms with E-state index in [9.17, 15) is 21.2 Å². The van der Waals surface area contributed by atoms with E-state index in [1.165, 1.54) is 6.92 Å². The molecule has 0 aliphatic rings. The maximum atomic E-state index is 13.9. The monoisotopic (exact) mass is 419 g/mol. The third kappa shape index (κ3) is 8.29. The second kappa shape index (κ2) is 10.9. The summed E-state index contributed by atoms with van der Waals surface area (Å²) in [6, 6.07) is 2.99. The number of rotatable bonds is 11. The number of anilines is 1. The highest BCUT2D eigenvalue weighted by atomic mass is 35.5. The lowest BCUT2D eigenvalue weighted by Gasteiger charge is -2.10. The Morgan fingerprint density at radius 2 is 1.80 bits per heavy atom. The van der Waals surface area contributed by atoms with Crippen LogP contribution in [0.15, 0.2) is 23.1 Å². The molecule has 0 saturated carbocycles. The van der Waals surface area contributed by atoms with Crippen molar-refractivity contribution in [2.75, 3.05) is 43.8 Å². The highest BCUT2D eigenvalue weighted by molar-refractivity contribution is 7.92. The maximum Gasteiger partial charge on any atom is 0.240 e. The molecule has 146 valence electrons. The van der Waals surface area contributed by atoms with E-state index >= 15 is 0 Å². The van der Waals surface area contributed by atoms with Crippen molar-refractivity contribution in [2.45, 2.75) is 11.8 Å². The van der Waals surface area contributed by atoms with Gasteiger partial charge in [-0.25, -0.2) is 25.9 Å². The third-order valence-corrected chi connectivity index (χ3v) is 5.72. The van der Waals surface area contributed by atoms with Crippen LogP contribution >= 0.6 is 12.4 Å². The minimum absolute atomic E-state index is 0. The molecule has 0 unspecified atom stereocenters. The first-order valence-electron chi connectivity index (χ1n) is 7.21. The Morgan fingerprint density at radius 3 is 2.36 bits per heavy atom. The summed E-state index contributed by atoms with van der Waals surface area (Å²) in [7, 11) is -5.96. The van der Waals surface area contributed by atoms with Gasteiger partial charge in [0, 0.05) is 26.7 Å². The van der Waals surface area contributed by atoms with Crippen molar-refractivity contribution in [3.8, 4) is 0 Å². The Bertz CT molecular complexity index is 744. The first-order valence-corrected chi connectivity index (χ1v) is 10.3. The summed E-state index contributed by atoms with van der Waals surface area (Å²) in [6.45, 7) is 3.01. The fourth-order valence-corrected chi connectivity index (χ4v) is 3.33. The summed E-state index contributed by atoms with van der Waals surface area (Å²) in [5, 5.41) is 2.96. The van der Waals surface area contributed by atoms with E-state index in [0.717, 1.165) is 18.2 Å². The number of benzene rings is 1. The molecule has 0 atom stereocenters. The Labute approximate surface area is 154 Å². The van der Waals surface area contributed by atoms with Crippen LogP contribution in [0.1, 0.15) is 6.92 Å². The van der Waals surface area contributed by atoms with Gasteiger partial charge in [0.1, 0.15) is 5.82 Å². The van der Waals surface area contributed by atoms with Gasteiger partial charge in [-0.15, -0.1) is 12.4 Å². The summed E-state index contributed by atoms with van der Waals surface area (Å²) in [5.74, 6) is -1.18. The van der Waals surface area contributed by atoms with Gasteiger partial charge < -0.3 is 10.1 Å². The fourth-order valence-electron chi connectivity index (χ4n) is 1.64. The SMILES string of the molecule is CCS(=O)(=O)Nc1ccc(S(=O)(=O)NCCNCCOC)cc1F.Cl. The molecule has 12 heteroatoms. The molecule has 8 nitrogen and oxygen atoms in total. The average Bonchev–Trinajstić information content (AvgIpc) is 2.52. The first-order chi connectivity index (χ1) is 11.2. The number of ether oxygens (including phenoxy) is 1. The largest absolute Gasteiger partial charge is 0.383 e. The summed E-state index contributed by atoms with van der Waals surface area (Å²) in [6.07, 6.45) is 0. The quantitative estimate of drug-likeness (QED) is 0.451. The first kappa shape index (κ1) is 24.0. The minimum Gasteiger partial charge on any atom is -0.383 e. The van der Waals surface area contributed by atoms with Crippen LogP contribution in [0.4, 0.5) is 10.1 Å². The van der Waals surface area contributed by atoms with E-state index < -0.39 is 25.9 Å². The zero-order valence-electron chi connectivity index (χ0n) is 13.9. The summed E-state index contributed by atoms with van der Waals surface area (Å²) in [4.78, 5) is -0.281. The zero-order valence-corrected chi connectivity index (χ0v) is 16.4. The number of nitrogens with one attached hydrogen (secondary N) is 3. The van der Waals surface area contributed by atoms with Crippen molar-refractivity contribution >= 4 is 38.1 Å². The van der Waals surface area contributed by atoms with Crippen LogP contribution in [0.25, 0.3) is 0 Å². The highest BCUT2D eigenvalue weighted by Crippen LogP contribution is 2.20. The van der Waals surface area contributed by atoms with Crippen molar-refractivity contribution in [1.29, 1.82) is 0 Å². The number of hydrogen-bond donors (Lipinski definition) is 3. The molecule has 1 aromatic carbocycles. The molecule has 0 amide bonds. The summed E-state index contributed by atoms with van der Waals surface area (Å²) < 4.78 is 70.1. The topological polar surface area (TPSA) is 114 Å². The van der Waals surface area contributed by atoms with Crippen LogP contribution in [-0.4, -0.2) is 55.9 Å². The van der Waals surface area contributed by atoms with E-state index in [0.29, 0.717) is 19.7 Å². The summed E-state index contributed by atoms with van der Waals surface area (Å²) in [5.41, 5.74) is -0.294. The van der Waals surface area contributed by atoms with Crippen LogP contribution in [0.2, 0.25) is 0 Å².